The van der Waals surface area contributed by atoms with E-state index in [9.17, 15) is 4.79 Å². The fraction of sp³-hybridized carbons (Fsp3) is 0. The van der Waals surface area contributed by atoms with E-state index >= 15 is 0 Å². The van der Waals surface area contributed by atoms with Crippen molar-refractivity contribution in [3.05, 3.63) is 71.1 Å². The van der Waals surface area contributed by atoms with E-state index in [0.717, 1.165) is 11.3 Å². The molecular weight excluding hydrogens is 294 g/mol. The zero-order valence-electron chi connectivity index (χ0n) is 11.5. The summed E-state index contributed by atoms with van der Waals surface area (Å²) in [5.41, 5.74) is 2.73. The summed E-state index contributed by atoms with van der Waals surface area (Å²) >= 11 is 1.37. The highest BCUT2D eigenvalue weighted by Gasteiger charge is 2.10. The van der Waals surface area contributed by atoms with Crippen LogP contribution >= 0.6 is 11.3 Å². The van der Waals surface area contributed by atoms with Gasteiger partial charge in [0.05, 0.1) is 17.3 Å². The number of thiazole rings is 1. The first kappa shape index (κ1) is 14.0. The van der Waals surface area contributed by atoms with Crippen LogP contribution in [0.15, 0.2) is 60.0 Å². The number of hydrogen-bond acceptors (Lipinski definition) is 4. The van der Waals surface area contributed by atoms with Gasteiger partial charge in [-0.25, -0.2) is 4.98 Å². The second-order valence-electron chi connectivity index (χ2n) is 4.55. The lowest BCUT2D eigenvalue weighted by Gasteiger charge is -2.01. The Morgan fingerprint density at radius 2 is 1.95 bits per heavy atom. The van der Waals surface area contributed by atoms with Crippen molar-refractivity contribution in [1.29, 1.82) is 5.26 Å². The molecule has 0 saturated heterocycles. The molecule has 4 nitrogen and oxygen atoms in total. The van der Waals surface area contributed by atoms with Gasteiger partial charge in [0, 0.05) is 16.5 Å². The Balaban J connectivity index is 1.78. The quantitative estimate of drug-likeness (QED) is 0.797. The summed E-state index contributed by atoms with van der Waals surface area (Å²) < 4.78 is 0. The summed E-state index contributed by atoms with van der Waals surface area (Å²) in [6, 6.07) is 18.4. The molecule has 0 aliphatic heterocycles. The molecule has 106 valence electrons. The van der Waals surface area contributed by atoms with Crippen molar-refractivity contribution in [3.63, 3.8) is 0 Å². The maximum atomic E-state index is 12.2. The van der Waals surface area contributed by atoms with Crippen molar-refractivity contribution < 1.29 is 4.79 Å². The van der Waals surface area contributed by atoms with Crippen molar-refractivity contribution in [2.75, 3.05) is 5.32 Å². The second-order valence-corrected chi connectivity index (χ2v) is 5.41. The molecule has 0 bridgehead atoms. The fourth-order valence-corrected chi connectivity index (χ4v) is 2.69. The van der Waals surface area contributed by atoms with Crippen molar-refractivity contribution in [3.8, 4) is 17.3 Å². The van der Waals surface area contributed by atoms with E-state index in [2.05, 4.69) is 10.3 Å². The Labute approximate surface area is 131 Å². The number of carbonyl (C=O) groups excluding carboxylic acids is 1. The maximum absolute atomic E-state index is 12.2. The van der Waals surface area contributed by atoms with Gasteiger partial charge in [-0.15, -0.1) is 11.3 Å². The van der Waals surface area contributed by atoms with Gasteiger partial charge in [0.2, 0.25) is 0 Å². The molecule has 22 heavy (non-hydrogen) atoms. The standard InChI is InChI=1S/C17H11N3OS/c18-10-12-5-4-8-14(9-12)16(21)20-17-19-15(11-22-17)13-6-2-1-3-7-13/h1-9,11H,(H,19,20,21). The smallest absolute Gasteiger partial charge is 0.257 e. The summed E-state index contributed by atoms with van der Waals surface area (Å²) in [6.07, 6.45) is 0. The highest BCUT2D eigenvalue weighted by molar-refractivity contribution is 7.14. The van der Waals surface area contributed by atoms with E-state index < -0.39 is 0 Å². The molecule has 0 fully saturated rings. The number of hydrogen-bond donors (Lipinski definition) is 1. The van der Waals surface area contributed by atoms with Gasteiger partial charge >= 0.3 is 0 Å². The molecule has 0 aliphatic rings. The van der Waals surface area contributed by atoms with Gasteiger partial charge in [-0.3, -0.25) is 10.1 Å². The molecule has 0 atom stereocenters. The van der Waals surface area contributed by atoms with Gasteiger partial charge in [0.15, 0.2) is 5.13 Å². The molecule has 0 radical (unpaired) electrons. The zero-order valence-corrected chi connectivity index (χ0v) is 12.3. The third-order valence-electron chi connectivity index (χ3n) is 3.05. The van der Waals surface area contributed by atoms with E-state index in [1.807, 2.05) is 41.8 Å². The summed E-state index contributed by atoms with van der Waals surface area (Å²) in [6.45, 7) is 0. The maximum Gasteiger partial charge on any atom is 0.257 e. The Morgan fingerprint density at radius 1 is 1.14 bits per heavy atom. The molecule has 1 amide bonds. The minimum Gasteiger partial charge on any atom is -0.298 e. The largest absolute Gasteiger partial charge is 0.298 e. The molecular formula is C17H11N3OS. The van der Waals surface area contributed by atoms with Crippen LogP contribution in [0, 0.1) is 11.3 Å². The number of carbonyl (C=O) groups is 1. The van der Waals surface area contributed by atoms with Crippen molar-refractivity contribution in [2.24, 2.45) is 0 Å². The van der Waals surface area contributed by atoms with Crippen LogP contribution < -0.4 is 5.32 Å². The summed E-state index contributed by atoms with van der Waals surface area (Å²) in [5, 5.41) is 14.1. The van der Waals surface area contributed by atoms with Crippen molar-refractivity contribution in [2.45, 2.75) is 0 Å². The Hall–Kier alpha value is -2.97. The first-order valence-corrected chi connectivity index (χ1v) is 7.47. The van der Waals surface area contributed by atoms with Gasteiger partial charge in [-0.1, -0.05) is 36.4 Å². The van der Waals surface area contributed by atoms with E-state index in [1.54, 1.807) is 24.3 Å². The number of nitrogens with one attached hydrogen (secondary N) is 1. The SMILES string of the molecule is N#Cc1cccc(C(=O)Nc2nc(-c3ccccc3)cs2)c1. The minimum absolute atomic E-state index is 0.272. The van der Waals surface area contributed by atoms with Crippen LogP contribution in [0.25, 0.3) is 11.3 Å². The molecule has 0 spiro atoms. The van der Waals surface area contributed by atoms with Crippen LogP contribution in [-0.4, -0.2) is 10.9 Å². The molecule has 1 N–H and O–H groups in total. The Bertz CT molecular complexity index is 850. The van der Waals surface area contributed by atoms with Crippen LogP contribution in [0.1, 0.15) is 15.9 Å². The van der Waals surface area contributed by atoms with Gasteiger partial charge < -0.3 is 0 Å². The molecule has 1 heterocycles. The third kappa shape index (κ3) is 3.03. The number of benzene rings is 2. The molecule has 1 aromatic heterocycles. The number of nitrogens with zero attached hydrogens (tertiary/aromatic N) is 2. The highest BCUT2D eigenvalue weighted by Crippen LogP contribution is 2.24. The van der Waals surface area contributed by atoms with E-state index in [4.69, 9.17) is 5.26 Å². The predicted molar refractivity (Wildman–Crippen MR) is 86.7 cm³/mol. The fourth-order valence-electron chi connectivity index (χ4n) is 1.97. The van der Waals surface area contributed by atoms with Gasteiger partial charge in [-0.2, -0.15) is 5.26 Å². The highest BCUT2D eigenvalue weighted by atomic mass is 32.1. The average molecular weight is 305 g/mol. The molecule has 0 saturated carbocycles. The molecule has 3 aromatic rings. The lowest BCUT2D eigenvalue weighted by Crippen LogP contribution is -2.11. The van der Waals surface area contributed by atoms with Gasteiger partial charge in [-0.05, 0) is 18.2 Å². The van der Waals surface area contributed by atoms with Crippen molar-refractivity contribution >= 4 is 22.4 Å². The van der Waals surface area contributed by atoms with Gasteiger partial charge in [0.1, 0.15) is 0 Å². The lowest BCUT2D eigenvalue weighted by atomic mass is 10.1. The Kier molecular flexibility index (Phi) is 3.95. The van der Waals surface area contributed by atoms with Gasteiger partial charge in [0.25, 0.3) is 5.91 Å². The molecule has 3 rings (SSSR count). The number of nitriles is 1. The van der Waals surface area contributed by atoms with Crippen LogP contribution in [0.4, 0.5) is 5.13 Å². The third-order valence-corrected chi connectivity index (χ3v) is 3.81. The molecule has 0 aliphatic carbocycles. The topological polar surface area (TPSA) is 65.8 Å². The summed E-state index contributed by atoms with van der Waals surface area (Å²) in [7, 11) is 0. The average Bonchev–Trinajstić information content (AvgIpc) is 3.04. The van der Waals surface area contributed by atoms with E-state index in [0.29, 0.717) is 16.3 Å². The number of aromatic nitrogens is 1. The van der Waals surface area contributed by atoms with Crippen molar-refractivity contribution in [1.82, 2.24) is 4.98 Å². The number of amides is 1. The van der Waals surface area contributed by atoms with Crippen LogP contribution in [0.3, 0.4) is 0 Å². The zero-order chi connectivity index (χ0) is 15.4. The number of anilines is 1. The number of rotatable bonds is 3. The van der Waals surface area contributed by atoms with E-state index in [1.165, 1.54) is 11.3 Å². The second kappa shape index (κ2) is 6.20. The summed E-state index contributed by atoms with van der Waals surface area (Å²) in [5.74, 6) is -0.272. The predicted octanol–water partition coefficient (Wildman–Crippen LogP) is 3.93. The van der Waals surface area contributed by atoms with Crippen LogP contribution in [0.2, 0.25) is 0 Å². The minimum atomic E-state index is -0.272. The molecule has 2 aromatic carbocycles. The van der Waals surface area contributed by atoms with Crippen LogP contribution in [-0.2, 0) is 0 Å². The first-order chi connectivity index (χ1) is 10.8. The monoisotopic (exact) mass is 305 g/mol. The van der Waals surface area contributed by atoms with Crippen LogP contribution in [0.5, 0.6) is 0 Å². The Morgan fingerprint density at radius 3 is 2.73 bits per heavy atom. The van der Waals surface area contributed by atoms with E-state index in [-0.39, 0.29) is 5.91 Å². The lowest BCUT2D eigenvalue weighted by molar-refractivity contribution is 0.102. The molecule has 0 unspecified atom stereocenters. The summed E-state index contributed by atoms with van der Waals surface area (Å²) in [4.78, 5) is 16.6. The molecule has 5 heteroatoms. The first-order valence-electron chi connectivity index (χ1n) is 6.59. The normalized spacial score (nSPS) is 9.95.